The van der Waals surface area contributed by atoms with Gasteiger partial charge in [0, 0.05) is 35.6 Å². The molecule has 1 saturated heterocycles. The number of aromatic nitrogens is 1. The Morgan fingerprint density at radius 1 is 1.00 bits per heavy atom. The standard InChI is InChI=1S/C21H21FN2O.ClH/c22-18-6-2-1-5-16(18)21-17-13-15(24-8-10-25-11-9-24)12-14-4-3-7-19(23-21)20(14)17;/h1-7,15,23H,8-13H2;1H. The van der Waals surface area contributed by atoms with Crippen LogP contribution < -0.4 is 0 Å². The van der Waals surface area contributed by atoms with Crippen molar-refractivity contribution in [1.29, 1.82) is 0 Å². The van der Waals surface area contributed by atoms with Crippen LogP contribution in [0.2, 0.25) is 0 Å². The highest BCUT2D eigenvalue weighted by Crippen LogP contribution is 2.38. The van der Waals surface area contributed by atoms with Crippen molar-refractivity contribution in [3.63, 3.8) is 0 Å². The lowest BCUT2D eigenvalue weighted by Gasteiger charge is -2.36. The van der Waals surface area contributed by atoms with Crippen LogP contribution >= 0.6 is 12.4 Å². The maximum Gasteiger partial charge on any atom is 0.132 e. The number of rotatable bonds is 2. The Bertz CT molecular complexity index is 933. The first-order valence-electron chi connectivity index (χ1n) is 9.00. The fourth-order valence-electron chi connectivity index (χ4n) is 4.43. The van der Waals surface area contributed by atoms with E-state index in [4.69, 9.17) is 4.74 Å². The van der Waals surface area contributed by atoms with Crippen LogP contribution in [0.3, 0.4) is 0 Å². The highest BCUT2D eigenvalue weighted by molar-refractivity contribution is 5.94. The maximum absolute atomic E-state index is 14.4. The number of ether oxygens (including phenoxy) is 1. The lowest BCUT2D eigenvalue weighted by Crippen LogP contribution is -2.46. The van der Waals surface area contributed by atoms with E-state index in [1.807, 2.05) is 12.1 Å². The molecular weight excluding hydrogens is 351 g/mol. The summed E-state index contributed by atoms with van der Waals surface area (Å²) in [5.74, 6) is -0.166. The van der Waals surface area contributed by atoms with Crippen LogP contribution in [-0.4, -0.2) is 42.2 Å². The van der Waals surface area contributed by atoms with Crippen LogP contribution in [-0.2, 0) is 17.6 Å². The van der Waals surface area contributed by atoms with E-state index in [1.54, 1.807) is 6.07 Å². The van der Waals surface area contributed by atoms with Gasteiger partial charge in [0.25, 0.3) is 0 Å². The van der Waals surface area contributed by atoms with Crippen molar-refractivity contribution < 1.29 is 9.13 Å². The Morgan fingerprint density at radius 3 is 2.62 bits per heavy atom. The molecule has 0 saturated carbocycles. The van der Waals surface area contributed by atoms with Crippen LogP contribution in [0, 0.1) is 5.82 Å². The van der Waals surface area contributed by atoms with Crippen molar-refractivity contribution in [1.82, 2.24) is 9.88 Å². The van der Waals surface area contributed by atoms with Gasteiger partial charge >= 0.3 is 0 Å². The van der Waals surface area contributed by atoms with Gasteiger partial charge in [-0.2, -0.15) is 0 Å². The molecule has 0 bridgehead atoms. The van der Waals surface area contributed by atoms with Crippen molar-refractivity contribution in [3.8, 4) is 11.3 Å². The molecule has 1 atom stereocenters. The molecule has 1 unspecified atom stereocenters. The number of halogens is 2. The van der Waals surface area contributed by atoms with Crippen molar-refractivity contribution >= 4 is 23.3 Å². The summed E-state index contributed by atoms with van der Waals surface area (Å²) in [5.41, 5.74) is 5.36. The Labute approximate surface area is 158 Å². The van der Waals surface area contributed by atoms with E-state index in [0.717, 1.165) is 50.4 Å². The Balaban J connectivity index is 0.00000168. The summed E-state index contributed by atoms with van der Waals surface area (Å²) in [6.45, 7) is 3.58. The summed E-state index contributed by atoms with van der Waals surface area (Å²) in [7, 11) is 0. The minimum absolute atomic E-state index is 0. The summed E-state index contributed by atoms with van der Waals surface area (Å²) in [5, 5.41) is 1.30. The van der Waals surface area contributed by atoms with Crippen molar-refractivity contribution in [2.24, 2.45) is 0 Å². The van der Waals surface area contributed by atoms with Crippen molar-refractivity contribution in [2.45, 2.75) is 18.9 Å². The molecule has 1 aliphatic carbocycles. The molecule has 2 aliphatic rings. The van der Waals surface area contributed by atoms with Gasteiger partial charge in [0.15, 0.2) is 0 Å². The predicted octanol–water partition coefficient (Wildman–Crippen LogP) is 4.20. The minimum Gasteiger partial charge on any atom is -0.379 e. The molecule has 2 aromatic carbocycles. The number of aromatic amines is 1. The zero-order valence-electron chi connectivity index (χ0n) is 14.5. The number of morpholine rings is 1. The average molecular weight is 373 g/mol. The summed E-state index contributed by atoms with van der Waals surface area (Å²) >= 11 is 0. The topological polar surface area (TPSA) is 28.3 Å². The number of H-pyrrole nitrogens is 1. The molecule has 3 aromatic rings. The average Bonchev–Trinajstić information content (AvgIpc) is 3.03. The lowest BCUT2D eigenvalue weighted by atomic mass is 9.86. The fraction of sp³-hybridized carbons (Fsp3) is 0.333. The molecule has 0 amide bonds. The van der Waals surface area contributed by atoms with Gasteiger partial charge in [-0.05, 0) is 42.2 Å². The number of benzene rings is 2. The third-order valence-electron chi connectivity index (χ3n) is 5.61. The summed E-state index contributed by atoms with van der Waals surface area (Å²) in [6.07, 6.45) is 2.01. The van der Waals surface area contributed by atoms with Gasteiger partial charge in [0.1, 0.15) is 5.82 Å². The largest absolute Gasteiger partial charge is 0.379 e. The van der Waals surface area contributed by atoms with Crippen molar-refractivity contribution in [3.05, 3.63) is 59.4 Å². The molecule has 0 radical (unpaired) electrons. The van der Waals surface area contributed by atoms with Crippen LogP contribution in [0.15, 0.2) is 42.5 Å². The van der Waals surface area contributed by atoms with Crippen molar-refractivity contribution in [2.75, 3.05) is 26.3 Å². The quantitative estimate of drug-likeness (QED) is 0.730. The van der Waals surface area contributed by atoms with E-state index in [0.29, 0.717) is 11.6 Å². The van der Waals surface area contributed by atoms with Gasteiger partial charge in [0.2, 0.25) is 0 Å². The Hall–Kier alpha value is -1.88. The molecule has 136 valence electrons. The molecule has 5 heteroatoms. The van der Waals surface area contributed by atoms with Gasteiger partial charge in [-0.3, -0.25) is 4.90 Å². The van der Waals surface area contributed by atoms with E-state index in [9.17, 15) is 4.39 Å². The molecule has 3 nitrogen and oxygen atoms in total. The third-order valence-corrected chi connectivity index (χ3v) is 5.61. The molecule has 1 N–H and O–H groups in total. The van der Waals surface area contributed by atoms with Gasteiger partial charge in [-0.1, -0.05) is 24.3 Å². The molecule has 26 heavy (non-hydrogen) atoms. The summed E-state index contributed by atoms with van der Waals surface area (Å²) in [4.78, 5) is 6.02. The van der Waals surface area contributed by atoms with Crippen LogP contribution in [0.1, 0.15) is 11.1 Å². The second-order valence-electron chi connectivity index (χ2n) is 7.01. The SMILES string of the molecule is Cl.Fc1ccccc1-c1[nH]c2cccc3c2c1CC(N1CCOCC1)C3. The number of hydrogen-bond donors (Lipinski definition) is 1. The fourth-order valence-corrected chi connectivity index (χ4v) is 4.43. The molecule has 5 rings (SSSR count). The van der Waals surface area contributed by atoms with E-state index >= 15 is 0 Å². The molecule has 1 aromatic heterocycles. The first kappa shape index (κ1) is 17.5. The van der Waals surface area contributed by atoms with E-state index in [2.05, 4.69) is 28.1 Å². The van der Waals surface area contributed by atoms with Gasteiger partial charge in [-0.15, -0.1) is 12.4 Å². The first-order chi connectivity index (χ1) is 12.3. The van der Waals surface area contributed by atoms with Crippen LogP contribution in [0.25, 0.3) is 22.2 Å². The minimum atomic E-state index is -0.166. The van der Waals surface area contributed by atoms with E-state index in [1.165, 1.54) is 22.6 Å². The summed E-state index contributed by atoms with van der Waals surface area (Å²) < 4.78 is 20.0. The number of nitrogens with one attached hydrogen (secondary N) is 1. The second-order valence-corrected chi connectivity index (χ2v) is 7.01. The molecular formula is C21H22ClFN2O. The van der Waals surface area contributed by atoms with E-state index < -0.39 is 0 Å². The van der Waals surface area contributed by atoms with Crippen LogP contribution in [0.4, 0.5) is 4.39 Å². The smallest absolute Gasteiger partial charge is 0.132 e. The van der Waals surface area contributed by atoms with Crippen LogP contribution in [0.5, 0.6) is 0 Å². The van der Waals surface area contributed by atoms with Gasteiger partial charge in [-0.25, -0.2) is 4.39 Å². The monoisotopic (exact) mass is 372 g/mol. The highest BCUT2D eigenvalue weighted by atomic mass is 35.5. The number of nitrogens with zero attached hydrogens (tertiary/aromatic N) is 1. The van der Waals surface area contributed by atoms with Gasteiger partial charge < -0.3 is 9.72 Å². The predicted molar refractivity (Wildman–Crippen MR) is 105 cm³/mol. The summed E-state index contributed by atoms with van der Waals surface area (Å²) in [6, 6.07) is 13.9. The van der Waals surface area contributed by atoms with Gasteiger partial charge in [0.05, 0.1) is 18.9 Å². The molecule has 1 aliphatic heterocycles. The Kier molecular flexibility index (Phi) is 4.74. The lowest BCUT2D eigenvalue weighted by molar-refractivity contribution is 0.0164. The highest BCUT2D eigenvalue weighted by Gasteiger charge is 2.30. The second kappa shape index (κ2) is 7.03. The third kappa shape index (κ3) is 2.82. The molecule has 1 fully saturated rings. The molecule has 2 heterocycles. The molecule has 0 spiro atoms. The number of hydrogen-bond acceptors (Lipinski definition) is 2. The normalized spacial score (nSPS) is 20.1. The zero-order valence-corrected chi connectivity index (χ0v) is 15.3. The first-order valence-corrected chi connectivity index (χ1v) is 9.00. The maximum atomic E-state index is 14.4. The Morgan fingerprint density at radius 2 is 1.81 bits per heavy atom. The van der Waals surface area contributed by atoms with E-state index in [-0.39, 0.29) is 18.2 Å². The zero-order chi connectivity index (χ0) is 16.8.